The van der Waals surface area contributed by atoms with Crippen LogP contribution in [0.3, 0.4) is 0 Å². The zero-order valence-electron chi connectivity index (χ0n) is 46.8. The number of aliphatic hydroxyl groups is 1. The molecule has 424 valence electrons. The van der Waals surface area contributed by atoms with Crippen LogP contribution in [-0.4, -0.2) is 66.5 Å². The van der Waals surface area contributed by atoms with E-state index >= 15 is 0 Å². The first-order valence-corrected chi connectivity index (χ1v) is 30.6. The quantitative estimate of drug-likeness (QED) is 0.0197. The van der Waals surface area contributed by atoms with Crippen molar-refractivity contribution in [1.82, 2.24) is 0 Å². The van der Waals surface area contributed by atoms with Crippen LogP contribution in [0.2, 0.25) is 0 Å². The molecular formula is C62H105O11P. The Hall–Kier alpha value is -3.60. The molecule has 0 bridgehead atoms. The van der Waals surface area contributed by atoms with Gasteiger partial charge in [0.1, 0.15) is 12.7 Å². The summed E-state index contributed by atoms with van der Waals surface area (Å²) in [4.78, 5) is 48.5. The molecule has 0 aromatic rings. The van der Waals surface area contributed by atoms with Gasteiger partial charge in [0, 0.05) is 19.3 Å². The molecule has 0 saturated carbocycles. The molecular weight excluding hydrogens is 952 g/mol. The van der Waals surface area contributed by atoms with Crippen molar-refractivity contribution in [2.75, 3.05) is 26.4 Å². The zero-order valence-corrected chi connectivity index (χ0v) is 47.7. The lowest BCUT2D eigenvalue weighted by Gasteiger charge is -2.21. The molecule has 0 aromatic heterocycles. The first-order chi connectivity index (χ1) is 36.2. The van der Waals surface area contributed by atoms with Crippen molar-refractivity contribution >= 4 is 25.7 Å². The van der Waals surface area contributed by atoms with E-state index in [9.17, 15) is 28.9 Å². The van der Waals surface area contributed by atoms with Gasteiger partial charge in [0.05, 0.1) is 19.8 Å². The molecule has 3 atom stereocenters. The van der Waals surface area contributed by atoms with Crippen LogP contribution in [0.4, 0.5) is 0 Å². The van der Waals surface area contributed by atoms with E-state index in [1.54, 1.807) is 0 Å². The van der Waals surface area contributed by atoms with Gasteiger partial charge in [0.25, 0.3) is 0 Å². The van der Waals surface area contributed by atoms with Gasteiger partial charge in [-0.25, -0.2) is 4.57 Å². The number of allylic oxidation sites excluding steroid dienone is 16. The van der Waals surface area contributed by atoms with E-state index in [0.717, 1.165) is 116 Å². The van der Waals surface area contributed by atoms with Gasteiger partial charge in [-0.1, -0.05) is 201 Å². The Labute approximate surface area is 451 Å². The lowest BCUT2D eigenvalue weighted by atomic mass is 10.1. The van der Waals surface area contributed by atoms with Gasteiger partial charge in [-0.05, 0) is 116 Å². The molecule has 12 heteroatoms. The highest BCUT2D eigenvalue weighted by Crippen LogP contribution is 2.43. The molecule has 0 fully saturated rings. The summed E-state index contributed by atoms with van der Waals surface area (Å²) in [7, 11) is -4.77. The molecule has 0 aliphatic carbocycles. The second kappa shape index (κ2) is 55.6. The summed E-state index contributed by atoms with van der Waals surface area (Å²) in [5.74, 6) is -1.56. The van der Waals surface area contributed by atoms with Crippen molar-refractivity contribution < 1.29 is 52.2 Å². The van der Waals surface area contributed by atoms with Gasteiger partial charge in [-0.2, -0.15) is 0 Å². The van der Waals surface area contributed by atoms with Crippen LogP contribution in [0.1, 0.15) is 239 Å². The minimum Gasteiger partial charge on any atom is -0.462 e. The molecule has 0 aliphatic rings. The number of phosphoric ester groups is 1. The average molecular weight is 1060 g/mol. The second-order valence-corrected chi connectivity index (χ2v) is 20.5. The SMILES string of the molecule is CC/C=C\C/C=C\C/C=C\C/C=C\C/C=C\CCCC(=O)OCC(COP(=O)(O)OCC(CO)OC(=O)CCCCCCC/C=C\CCCCCCCC)OC(=O)CCCCCCC/C=C\C/C=C\CCCCC. The Bertz CT molecular complexity index is 1610. The van der Waals surface area contributed by atoms with E-state index < -0.39 is 57.8 Å². The van der Waals surface area contributed by atoms with Crippen molar-refractivity contribution in [3.05, 3.63) is 97.2 Å². The maximum absolute atomic E-state index is 12.9. The highest BCUT2D eigenvalue weighted by Gasteiger charge is 2.28. The number of hydrogen-bond donors (Lipinski definition) is 2. The Morgan fingerprint density at radius 2 is 0.716 bits per heavy atom. The van der Waals surface area contributed by atoms with E-state index in [1.165, 1.54) is 57.8 Å². The lowest BCUT2D eigenvalue weighted by Crippen LogP contribution is -2.30. The number of phosphoric acid groups is 1. The summed E-state index contributed by atoms with van der Waals surface area (Å²) in [5, 5.41) is 9.82. The van der Waals surface area contributed by atoms with Gasteiger partial charge in [-0.3, -0.25) is 23.4 Å². The predicted octanol–water partition coefficient (Wildman–Crippen LogP) is 17.3. The summed E-state index contributed by atoms with van der Waals surface area (Å²) >= 11 is 0. The van der Waals surface area contributed by atoms with Crippen LogP contribution in [0, 0.1) is 0 Å². The van der Waals surface area contributed by atoms with Gasteiger partial charge < -0.3 is 24.2 Å². The van der Waals surface area contributed by atoms with Crippen molar-refractivity contribution in [2.24, 2.45) is 0 Å². The van der Waals surface area contributed by atoms with Gasteiger partial charge in [0.15, 0.2) is 6.10 Å². The fraction of sp³-hybridized carbons (Fsp3) is 0.694. The largest absolute Gasteiger partial charge is 0.472 e. The van der Waals surface area contributed by atoms with Gasteiger partial charge >= 0.3 is 25.7 Å². The van der Waals surface area contributed by atoms with Crippen LogP contribution >= 0.6 is 7.82 Å². The Balaban J connectivity index is 4.83. The molecule has 0 spiro atoms. The smallest absolute Gasteiger partial charge is 0.462 e. The molecule has 0 heterocycles. The number of ether oxygens (including phenoxy) is 3. The van der Waals surface area contributed by atoms with Crippen LogP contribution in [0.5, 0.6) is 0 Å². The third-order valence-electron chi connectivity index (χ3n) is 12.0. The van der Waals surface area contributed by atoms with E-state index in [4.69, 9.17) is 23.3 Å². The summed E-state index contributed by atoms with van der Waals surface area (Å²) in [5.41, 5.74) is 0. The fourth-order valence-corrected chi connectivity index (χ4v) is 8.32. The normalized spacial score (nSPS) is 14.1. The minimum absolute atomic E-state index is 0.135. The predicted molar refractivity (Wildman–Crippen MR) is 307 cm³/mol. The van der Waals surface area contributed by atoms with E-state index in [0.29, 0.717) is 25.7 Å². The van der Waals surface area contributed by atoms with Crippen molar-refractivity contribution in [3.8, 4) is 0 Å². The third kappa shape index (κ3) is 53.2. The van der Waals surface area contributed by atoms with E-state index in [1.807, 2.05) is 6.08 Å². The third-order valence-corrected chi connectivity index (χ3v) is 12.9. The summed E-state index contributed by atoms with van der Waals surface area (Å²) < 4.78 is 39.5. The molecule has 0 saturated heterocycles. The minimum atomic E-state index is -4.77. The molecule has 3 unspecified atom stereocenters. The summed E-state index contributed by atoms with van der Waals surface area (Å²) in [6, 6.07) is 0. The van der Waals surface area contributed by atoms with Crippen molar-refractivity contribution in [3.63, 3.8) is 0 Å². The number of carbonyl (C=O) groups excluding carboxylic acids is 3. The van der Waals surface area contributed by atoms with Crippen LogP contribution in [0.15, 0.2) is 97.2 Å². The fourth-order valence-electron chi connectivity index (χ4n) is 7.53. The second-order valence-electron chi connectivity index (χ2n) is 19.1. The number of rotatable bonds is 53. The highest BCUT2D eigenvalue weighted by molar-refractivity contribution is 7.47. The number of unbranched alkanes of at least 4 members (excludes halogenated alkanes) is 20. The summed E-state index contributed by atoms with van der Waals surface area (Å²) in [6.07, 6.45) is 65.1. The summed E-state index contributed by atoms with van der Waals surface area (Å²) in [6.45, 7) is 4.41. The average Bonchev–Trinajstić information content (AvgIpc) is 3.39. The highest BCUT2D eigenvalue weighted by atomic mass is 31.2. The molecule has 0 radical (unpaired) electrons. The van der Waals surface area contributed by atoms with Crippen LogP contribution in [0.25, 0.3) is 0 Å². The number of esters is 3. The molecule has 0 aromatic carbocycles. The lowest BCUT2D eigenvalue weighted by molar-refractivity contribution is -0.161. The van der Waals surface area contributed by atoms with Gasteiger partial charge in [0.2, 0.25) is 0 Å². The topological polar surface area (TPSA) is 155 Å². The monoisotopic (exact) mass is 1060 g/mol. The maximum atomic E-state index is 12.9. The Morgan fingerprint density at radius 3 is 1.16 bits per heavy atom. The van der Waals surface area contributed by atoms with Crippen LogP contribution < -0.4 is 0 Å². The number of hydrogen-bond acceptors (Lipinski definition) is 10. The standard InChI is InChI=1S/C62H105O11P/c1-4-7-10-13-16-19-22-25-28-29-32-33-36-39-42-45-48-51-60(64)69-55-59(73-62(66)53-50-47-44-41-38-35-31-27-24-21-18-15-12-9-6-3)57-71-74(67,68)70-56-58(54-63)72-61(65)52-49-46-43-40-37-34-30-26-23-20-17-14-11-8-5-2/h7,10,16,18-19,21,25-28,30-33,39,42,58-59,63H,4-6,8-9,11-15,17,20,22-24,29,34-38,40-41,43-57H2,1-3H3,(H,67,68)/b10-7-,19-16-,21-18-,28-25-,30-26-,31-27-,33-32-,42-39-. The first-order valence-electron chi connectivity index (χ1n) is 29.1. The van der Waals surface area contributed by atoms with E-state index in [-0.39, 0.29) is 25.9 Å². The molecule has 74 heavy (non-hydrogen) atoms. The number of carbonyl (C=O) groups is 3. The zero-order chi connectivity index (χ0) is 54.1. The molecule has 2 N–H and O–H groups in total. The molecule has 0 aliphatic heterocycles. The van der Waals surface area contributed by atoms with E-state index in [2.05, 4.69) is 112 Å². The molecule has 11 nitrogen and oxygen atoms in total. The molecule has 0 rings (SSSR count). The number of aliphatic hydroxyl groups excluding tert-OH is 1. The Morgan fingerprint density at radius 1 is 0.392 bits per heavy atom. The van der Waals surface area contributed by atoms with Gasteiger partial charge in [-0.15, -0.1) is 0 Å². The Kier molecular flexibility index (Phi) is 52.9. The van der Waals surface area contributed by atoms with Crippen molar-refractivity contribution in [2.45, 2.75) is 251 Å². The first kappa shape index (κ1) is 70.4. The maximum Gasteiger partial charge on any atom is 0.472 e. The van der Waals surface area contributed by atoms with Crippen LogP contribution in [-0.2, 0) is 42.2 Å². The molecule has 0 amide bonds. The van der Waals surface area contributed by atoms with Crippen molar-refractivity contribution in [1.29, 1.82) is 0 Å².